The second kappa shape index (κ2) is 4.88. The van der Waals surface area contributed by atoms with Gasteiger partial charge < -0.3 is 16.0 Å². The number of nitrogens with one attached hydrogen (secondary N) is 1. The molecular weight excluding hydrogens is 254 g/mol. The van der Waals surface area contributed by atoms with Crippen molar-refractivity contribution < 1.29 is 4.79 Å². The average molecular weight is 271 g/mol. The summed E-state index contributed by atoms with van der Waals surface area (Å²) in [6, 6.07) is 9.80. The van der Waals surface area contributed by atoms with Crippen LogP contribution in [0.3, 0.4) is 0 Å². The van der Waals surface area contributed by atoms with Gasteiger partial charge in [-0.25, -0.2) is 0 Å². The predicted octanol–water partition coefficient (Wildman–Crippen LogP) is 0.605. The topological polar surface area (TPSA) is 76.2 Å². The molecule has 0 radical (unpaired) electrons. The van der Waals surface area contributed by atoms with Gasteiger partial charge in [0.05, 0.1) is 12.2 Å². The lowest BCUT2D eigenvalue weighted by Crippen LogP contribution is -2.47. The normalized spacial score (nSPS) is 15.2. The van der Waals surface area contributed by atoms with E-state index in [1.54, 1.807) is 4.68 Å². The quantitative estimate of drug-likeness (QED) is 0.839. The Bertz CT molecular complexity index is 629. The number of nitrogens with two attached hydrogens (primary N) is 1. The number of aromatic nitrogens is 2. The highest BCUT2D eigenvalue weighted by molar-refractivity contribution is 5.86. The molecule has 1 aliphatic rings. The van der Waals surface area contributed by atoms with Crippen molar-refractivity contribution in [2.75, 3.05) is 30.3 Å². The van der Waals surface area contributed by atoms with Gasteiger partial charge in [-0.05, 0) is 6.07 Å². The molecule has 1 amide bonds. The maximum atomic E-state index is 11.6. The van der Waals surface area contributed by atoms with Gasteiger partial charge in [-0.15, -0.1) is 0 Å². The number of anilines is 2. The Labute approximate surface area is 117 Å². The number of hydrogen-bond donors (Lipinski definition) is 2. The summed E-state index contributed by atoms with van der Waals surface area (Å²) in [6.07, 6.45) is 0. The number of benzene rings is 1. The summed E-state index contributed by atoms with van der Waals surface area (Å²) >= 11 is 0. The summed E-state index contributed by atoms with van der Waals surface area (Å²) < 4.78 is 1.65. The molecule has 3 N–H and O–H groups in total. The van der Waals surface area contributed by atoms with Crippen LogP contribution in [-0.4, -0.2) is 35.3 Å². The fourth-order valence-electron chi connectivity index (χ4n) is 2.42. The number of aryl methyl sites for hydroxylation is 1. The molecule has 0 aliphatic carbocycles. The number of piperazine rings is 1. The van der Waals surface area contributed by atoms with E-state index in [1.165, 1.54) is 0 Å². The largest absolute Gasteiger partial charge is 0.384 e. The molecule has 1 aromatic heterocycles. The smallest absolute Gasteiger partial charge is 0.239 e. The Morgan fingerprint density at radius 3 is 2.85 bits per heavy atom. The molecule has 20 heavy (non-hydrogen) atoms. The zero-order chi connectivity index (χ0) is 14.1. The van der Waals surface area contributed by atoms with E-state index in [-0.39, 0.29) is 5.91 Å². The third-order valence-corrected chi connectivity index (χ3v) is 3.48. The van der Waals surface area contributed by atoms with E-state index in [4.69, 9.17) is 5.73 Å². The lowest BCUT2D eigenvalue weighted by molar-refractivity contribution is -0.120. The van der Waals surface area contributed by atoms with Crippen LogP contribution in [0.4, 0.5) is 11.5 Å². The van der Waals surface area contributed by atoms with Crippen LogP contribution in [-0.2, 0) is 11.8 Å². The van der Waals surface area contributed by atoms with Gasteiger partial charge in [0.15, 0.2) is 0 Å². The van der Waals surface area contributed by atoms with Crippen molar-refractivity contribution in [3.8, 4) is 11.3 Å². The molecule has 0 saturated carbocycles. The summed E-state index contributed by atoms with van der Waals surface area (Å²) in [5.74, 6) is 0.665. The molecule has 1 aliphatic heterocycles. The maximum Gasteiger partial charge on any atom is 0.239 e. The van der Waals surface area contributed by atoms with Crippen molar-refractivity contribution in [3.63, 3.8) is 0 Å². The number of carbonyl (C=O) groups excluding carboxylic acids is 1. The fourth-order valence-corrected chi connectivity index (χ4v) is 2.42. The van der Waals surface area contributed by atoms with Crippen LogP contribution in [0.2, 0.25) is 0 Å². The van der Waals surface area contributed by atoms with Crippen LogP contribution in [0, 0.1) is 0 Å². The van der Waals surface area contributed by atoms with E-state index in [0.29, 0.717) is 18.9 Å². The van der Waals surface area contributed by atoms with Gasteiger partial charge in [0.2, 0.25) is 5.91 Å². The molecule has 0 bridgehead atoms. The number of nitrogen functional groups attached to an aromatic ring is 1. The molecule has 1 saturated heterocycles. The molecule has 6 heteroatoms. The van der Waals surface area contributed by atoms with E-state index < -0.39 is 0 Å². The zero-order valence-electron chi connectivity index (χ0n) is 11.3. The minimum atomic E-state index is 0.0478. The van der Waals surface area contributed by atoms with Gasteiger partial charge in [-0.3, -0.25) is 9.48 Å². The Hall–Kier alpha value is -2.50. The molecule has 0 atom stereocenters. The summed E-state index contributed by atoms with van der Waals surface area (Å²) in [4.78, 5) is 13.6. The Balaban J connectivity index is 2.01. The van der Waals surface area contributed by atoms with Crippen LogP contribution in [0.5, 0.6) is 0 Å². The van der Waals surface area contributed by atoms with Gasteiger partial charge in [0.25, 0.3) is 0 Å². The van der Waals surface area contributed by atoms with Gasteiger partial charge >= 0.3 is 0 Å². The Morgan fingerprint density at radius 1 is 1.35 bits per heavy atom. The molecule has 1 aromatic carbocycles. The first-order valence-electron chi connectivity index (χ1n) is 6.56. The standard InChI is InChI=1S/C14H17N5O/c1-18-13(15)8-11(17-18)10-4-2-3-5-12(10)19-7-6-16-14(20)9-19/h2-5,8H,6-7,9,15H2,1H3,(H,16,20). The molecule has 2 heterocycles. The summed E-state index contributed by atoms with van der Waals surface area (Å²) in [7, 11) is 1.82. The molecule has 3 rings (SSSR count). The molecule has 104 valence electrons. The molecule has 1 fully saturated rings. The number of rotatable bonds is 2. The van der Waals surface area contributed by atoms with Crippen molar-refractivity contribution >= 4 is 17.4 Å². The van der Waals surface area contributed by atoms with E-state index >= 15 is 0 Å². The second-order valence-corrected chi connectivity index (χ2v) is 4.87. The fraction of sp³-hybridized carbons (Fsp3) is 0.286. The van der Waals surface area contributed by atoms with Crippen LogP contribution in [0.1, 0.15) is 0 Å². The lowest BCUT2D eigenvalue weighted by Gasteiger charge is -2.30. The molecule has 6 nitrogen and oxygen atoms in total. The summed E-state index contributed by atoms with van der Waals surface area (Å²) in [5, 5.41) is 7.25. The van der Waals surface area contributed by atoms with Crippen molar-refractivity contribution in [3.05, 3.63) is 30.3 Å². The molecular formula is C14H17N5O. The van der Waals surface area contributed by atoms with Crippen molar-refractivity contribution in [1.29, 1.82) is 0 Å². The lowest BCUT2D eigenvalue weighted by atomic mass is 10.1. The molecule has 0 unspecified atom stereocenters. The first-order valence-corrected chi connectivity index (χ1v) is 6.56. The highest BCUT2D eigenvalue weighted by Gasteiger charge is 2.20. The van der Waals surface area contributed by atoms with E-state index in [2.05, 4.69) is 15.3 Å². The third-order valence-electron chi connectivity index (χ3n) is 3.48. The number of carbonyl (C=O) groups is 1. The van der Waals surface area contributed by atoms with E-state index in [0.717, 1.165) is 23.5 Å². The van der Waals surface area contributed by atoms with E-state index in [9.17, 15) is 4.79 Å². The van der Waals surface area contributed by atoms with Gasteiger partial charge in [0.1, 0.15) is 5.82 Å². The first-order chi connectivity index (χ1) is 9.65. The number of nitrogens with zero attached hydrogens (tertiary/aromatic N) is 3. The van der Waals surface area contributed by atoms with Gasteiger partial charge in [-0.2, -0.15) is 5.10 Å². The monoisotopic (exact) mass is 271 g/mol. The summed E-state index contributed by atoms with van der Waals surface area (Å²) in [5.41, 5.74) is 8.69. The number of amides is 1. The van der Waals surface area contributed by atoms with Crippen molar-refractivity contribution in [2.24, 2.45) is 7.05 Å². The second-order valence-electron chi connectivity index (χ2n) is 4.87. The highest BCUT2D eigenvalue weighted by atomic mass is 16.2. The minimum Gasteiger partial charge on any atom is -0.384 e. The zero-order valence-corrected chi connectivity index (χ0v) is 11.3. The van der Waals surface area contributed by atoms with Crippen LogP contribution >= 0.6 is 0 Å². The average Bonchev–Trinajstić information content (AvgIpc) is 2.79. The van der Waals surface area contributed by atoms with Crippen molar-refractivity contribution in [2.45, 2.75) is 0 Å². The maximum absolute atomic E-state index is 11.6. The predicted molar refractivity (Wildman–Crippen MR) is 78.3 cm³/mol. The molecule has 0 spiro atoms. The first kappa shape index (κ1) is 12.5. The van der Waals surface area contributed by atoms with E-state index in [1.807, 2.05) is 37.4 Å². The van der Waals surface area contributed by atoms with Crippen molar-refractivity contribution in [1.82, 2.24) is 15.1 Å². The minimum absolute atomic E-state index is 0.0478. The summed E-state index contributed by atoms with van der Waals surface area (Å²) in [6.45, 7) is 1.84. The Kier molecular flexibility index (Phi) is 3.06. The number of para-hydroxylation sites is 1. The van der Waals surface area contributed by atoms with Crippen LogP contribution in [0.15, 0.2) is 30.3 Å². The van der Waals surface area contributed by atoms with Crippen LogP contribution in [0.25, 0.3) is 11.3 Å². The van der Waals surface area contributed by atoms with Gasteiger partial charge in [0, 0.05) is 37.5 Å². The number of hydrogen-bond acceptors (Lipinski definition) is 4. The SMILES string of the molecule is Cn1nc(-c2ccccc2N2CCNC(=O)C2)cc1N. The van der Waals surface area contributed by atoms with Crippen LogP contribution < -0.4 is 16.0 Å². The molecule has 2 aromatic rings. The highest BCUT2D eigenvalue weighted by Crippen LogP contribution is 2.30. The van der Waals surface area contributed by atoms with Gasteiger partial charge in [-0.1, -0.05) is 18.2 Å². The third kappa shape index (κ3) is 2.20. The Morgan fingerprint density at radius 2 is 2.15 bits per heavy atom.